The van der Waals surface area contributed by atoms with Crippen molar-refractivity contribution in [2.75, 3.05) is 18.4 Å². The summed E-state index contributed by atoms with van der Waals surface area (Å²) < 4.78 is 38.1. The summed E-state index contributed by atoms with van der Waals surface area (Å²) in [6.45, 7) is 0.374. The third kappa shape index (κ3) is 4.27. The van der Waals surface area contributed by atoms with E-state index in [1.807, 2.05) is 30.3 Å². The summed E-state index contributed by atoms with van der Waals surface area (Å²) >= 11 is 0. The molecule has 1 aliphatic heterocycles. The van der Waals surface area contributed by atoms with Gasteiger partial charge < -0.3 is 5.32 Å². The summed E-state index contributed by atoms with van der Waals surface area (Å²) in [5.41, 5.74) is 1.73. The molecule has 138 valence electrons. The molecule has 0 aromatic heterocycles. The van der Waals surface area contributed by atoms with Crippen LogP contribution in [0.1, 0.15) is 12.8 Å². The summed E-state index contributed by atoms with van der Waals surface area (Å²) in [5, 5.41) is 7.68. The summed E-state index contributed by atoms with van der Waals surface area (Å²) in [4.78, 5) is 12.4. The average molecular weight is 377 g/mol. The van der Waals surface area contributed by atoms with Crippen LogP contribution in [0.15, 0.2) is 48.5 Å². The minimum Gasteiger partial charge on any atom is -0.323 e. The van der Waals surface area contributed by atoms with Crippen LogP contribution in [0.4, 0.5) is 10.1 Å². The number of carbonyl (C=O) groups excluding carboxylic acids is 1. The van der Waals surface area contributed by atoms with E-state index >= 15 is 0 Å². The molecule has 0 saturated carbocycles. The molecule has 3 N–H and O–H groups in total. The molecule has 0 aliphatic carbocycles. The molecule has 26 heavy (non-hydrogen) atoms. The van der Waals surface area contributed by atoms with Crippen molar-refractivity contribution < 1.29 is 17.6 Å². The number of anilines is 1. The second-order valence-corrected chi connectivity index (χ2v) is 7.81. The van der Waals surface area contributed by atoms with Crippen LogP contribution < -0.4 is 10.5 Å². The third-order valence-electron chi connectivity index (χ3n) is 4.52. The maximum absolute atomic E-state index is 14.4. The van der Waals surface area contributed by atoms with Crippen LogP contribution in [0.25, 0.3) is 11.1 Å². The highest BCUT2D eigenvalue weighted by atomic mass is 32.2. The van der Waals surface area contributed by atoms with Gasteiger partial charge in [-0.05, 0) is 36.1 Å². The number of nitrogens with zero attached hydrogens (tertiary/aromatic N) is 1. The van der Waals surface area contributed by atoms with Gasteiger partial charge in [-0.25, -0.2) is 9.53 Å². The van der Waals surface area contributed by atoms with Crippen molar-refractivity contribution in [2.24, 2.45) is 11.1 Å². The Hall–Kier alpha value is -2.29. The predicted molar refractivity (Wildman–Crippen MR) is 97.9 cm³/mol. The van der Waals surface area contributed by atoms with Crippen LogP contribution in [0.2, 0.25) is 0 Å². The molecule has 8 heteroatoms. The molecule has 6 nitrogen and oxygen atoms in total. The minimum atomic E-state index is -3.73. The Kier molecular flexibility index (Phi) is 5.36. The van der Waals surface area contributed by atoms with Gasteiger partial charge in [-0.3, -0.25) is 4.79 Å². The van der Waals surface area contributed by atoms with E-state index < -0.39 is 16.0 Å². The first-order valence-corrected chi connectivity index (χ1v) is 9.78. The van der Waals surface area contributed by atoms with E-state index in [2.05, 4.69) is 5.32 Å². The van der Waals surface area contributed by atoms with Gasteiger partial charge in [-0.2, -0.15) is 12.7 Å². The maximum atomic E-state index is 14.4. The number of rotatable bonds is 4. The number of amides is 1. The number of benzene rings is 2. The number of hydrogen-bond acceptors (Lipinski definition) is 3. The highest BCUT2D eigenvalue weighted by Crippen LogP contribution is 2.26. The molecule has 0 radical (unpaired) electrons. The van der Waals surface area contributed by atoms with Crippen molar-refractivity contribution in [1.82, 2.24) is 4.31 Å². The topological polar surface area (TPSA) is 92.5 Å². The molecule has 1 aliphatic rings. The van der Waals surface area contributed by atoms with Gasteiger partial charge in [0.15, 0.2) is 0 Å². The number of nitrogens with one attached hydrogen (secondary N) is 1. The standard InChI is InChI=1S/C18H20FN3O3S/c19-16-12-15(13-4-2-1-3-5-13)6-7-17(16)21-18(23)14-8-10-22(11-9-14)26(20,24)25/h1-7,12,14H,8-11H2,(H,21,23)(H2,20,24,25). The van der Waals surface area contributed by atoms with Crippen molar-refractivity contribution in [3.05, 3.63) is 54.3 Å². The first kappa shape index (κ1) is 18.5. The van der Waals surface area contributed by atoms with E-state index in [-0.39, 0.29) is 30.6 Å². The maximum Gasteiger partial charge on any atom is 0.276 e. The number of hydrogen-bond donors (Lipinski definition) is 2. The molecular formula is C18H20FN3O3S. The lowest BCUT2D eigenvalue weighted by molar-refractivity contribution is -0.120. The number of carbonyl (C=O) groups is 1. The molecule has 1 saturated heterocycles. The molecule has 0 spiro atoms. The Labute approximate surface area is 152 Å². The molecule has 0 unspecified atom stereocenters. The summed E-state index contributed by atoms with van der Waals surface area (Å²) in [5.74, 6) is -1.20. The second kappa shape index (κ2) is 7.53. The first-order valence-electron chi connectivity index (χ1n) is 8.28. The third-order valence-corrected chi connectivity index (χ3v) is 5.60. The fourth-order valence-electron chi connectivity index (χ4n) is 3.03. The highest BCUT2D eigenvalue weighted by molar-refractivity contribution is 7.86. The van der Waals surface area contributed by atoms with E-state index in [9.17, 15) is 17.6 Å². The number of piperidine rings is 1. The minimum absolute atomic E-state index is 0.114. The molecule has 3 rings (SSSR count). The quantitative estimate of drug-likeness (QED) is 0.857. The zero-order valence-corrected chi connectivity index (χ0v) is 14.9. The Morgan fingerprint density at radius 1 is 1.08 bits per heavy atom. The summed E-state index contributed by atoms with van der Waals surface area (Å²) in [6, 6.07) is 14.1. The monoisotopic (exact) mass is 377 g/mol. The Balaban J connectivity index is 1.65. The van der Waals surface area contributed by atoms with Crippen LogP contribution in [0.5, 0.6) is 0 Å². The van der Waals surface area contributed by atoms with E-state index in [0.717, 1.165) is 15.4 Å². The Morgan fingerprint density at radius 2 is 1.73 bits per heavy atom. The van der Waals surface area contributed by atoms with Crippen LogP contribution in [-0.2, 0) is 15.0 Å². The van der Waals surface area contributed by atoms with Gasteiger partial charge in [0.05, 0.1) is 5.69 Å². The summed E-state index contributed by atoms with van der Waals surface area (Å²) in [6.07, 6.45) is 0.706. The lowest BCUT2D eigenvalue weighted by Crippen LogP contribution is -2.44. The normalized spacial score (nSPS) is 16.4. The van der Waals surface area contributed by atoms with Gasteiger partial charge in [0.25, 0.3) is 10.2 Å². The molecule has 2 aromatic carbocycles. The number of halogens is 1. The van der Waals surface area contributed by atoms with Gasteiger partial charge >= 0.3 is 0 Å². The Morgan fingerprint density at radius 3 is 2.31 bits per heavy atom. The van der Waals surface area contributed by atoms with Crippen molar-refractivity contribution >= 4 is 21.8 Å². The highest BCUT2D eigenvalue weighted by Gasteiger charge is 2.29. The predicted octanol–water partition coefficient (Wildman–Crippen LogP) is 2.35. The molecular weight excluding hydrogens is 357 g/mol. The molecule has 1 heterocycles. The molecule has 2 aromatic rings. The van der Waals surface area contributed by atoms with Crippen molar-refractivity contribution in [1.29, 1.82) is 0 Å². The fourth-order valence-corrected chi connectivity index (χ4v) is 3.75. The van der Waals surface area contributed by atoms with Gasteiger partial charge in [0, 0.05) is 19.0 Å². The molecule has 0 atom stereocenters. The average Bonchev–Trinajstić information content (AvgIpc) is 2.63. The van der Waals surface area contributed by atoms with E-state index in [0.29, 0.717) is 12.8 Å². The van der Waals surface area contributed by atoms with E-state index in [1.165, 1.54) is 12.1 Å². The first-order chi connectivity index (χ1) is 12.3. The van der Waals surface area contributed by atoms with E-state index in [4.69, 9.17) is 5.14 Å². The van der Waals surface area contributed by atoms with Gasteiger partial charge in [-0.15, -0.1) is 0 Å². The number of nitrogens with two attached hydrogens (primary N) is 1. The largest absolute Gasteiger partial charge is 0.323 e. The van der Waals surface area contributed by atoms with Crippen LogP contribution in [0.3, 0.4) is 0 Å². The van der Waals surface area contributed by atoms with Gasteiger partial charge in [0.2, 0.25) is 5.91 Å². The van der Waals surface area contributed by atoms with Gasteiger partial charge in [-0.1, -0.05) is 36.4 Å². The second-order valence-electron chi connectivity index (χ2n) is 6.27. The zero-order valence-electron chi connectivity index (χ0n) is 14.1. The fraction of sp³-hybridized carbons (Fsp3) is 0.278. The molecule has 1 amide bonds. The zero-order chi connectivity index (χ0) is 18.7. The smallest absolute Gasteiger partial charge is 0.276 e. The van der Waals surface area contributed by atoms with E-state index in [1.54, 1.807) is 6.07 Å². The van der Waals surface area contributed by atoms with Crippen molar-refractivity contribution in [2.45, 2.75) is 12.8 Å². The van der Waals surface area contributed by atoms with Gasteiger partial charge in [0.1, 0.15) is 5.82 Å². The molecule has 1 fully saturated rings. The molecule has 0 bridgehead atoms. The lowest BCUT2D eigenvalue weighted by atomic mass is 9.97. The SMILES string of the molecule is NS(=O)(=O)N1CCC(C(=O)Nc2ccc(-c3ccccc3)cc2F)CC1. The Bertz CT molecular complexity index is 895. The lowest BCUT2D eigenvalue weighted by Gasteiger charge is -2.29. The van der Waals surface area contributed by atoms with Crippen molar-refractivity contribution in [3.8, 4) is 11.1 Å². The summed E-state index contributed by atoms with van der Waals surface area (Å²) in [7, 11) is -3.73. The van der Waals surface area contributed by atoms with Crippen LogP contribution >= 0.6 is 0 Å². The van der Waals surface area contributed by atoms with Crippen LogP contribution in [0, 0.1) is 11.7 Å². The van der Waals surface area contributed by atoms with Crippen molar-refractivity contribution in [3.63, 3.8) is 0 Å². The van der Waals surface area contributed by atoms with Crippen LogP contribution in [-0.4, -0.2) is 31.7 Å².